The normalized spacial score (nSPS) is 16.0. The molecule has 0 radical (unpaired) electrons. The highest BCUT2D eigenvalue weighted by Crippen LogP contribution is 2.27. The molecule has 1 aliphatic heterocycles. The van der Waals surface area contributed by atoms with Crippen LogP contribution in [0.15, 0.2) is 30.6 Å². The van der Waals surface area contributed by atoms with E-state index in [0.717, 1.165) is 48.5 Å². The molecular weight excluding hydrogens is 382 g/mol. The highest BCUT2D eigenvalue weighted by Gasteiger charge is 2.22. The summed E-state index contributed by atoms with van der Waals surface area (Å²) < 4.78 is 3.41. The smallest absolute Gasteiger partial charge is 0.240 e. The minimum atomic E-state index is 0.0240. The zero-order valence-corrected chi connectivity index (χ0v) is 18.2. The average molecular weight is 412 g/mol. The number of aromatic nitrogens is 3. The van der Waals surface area contributed by atoms with E-state index >= 15 is 0 Å². The number of carbonyl (C=O) groups is 1. The summed E-state index contributed by atoms with van der Waals surface area (Å²) in [6, 6.07) is 6.16. The van der Waals surface area contributed by atoms with Crippen molar-refractivity contribution in [3.8, 4) is 0 Å². The van der Waals surface area contributed by atoms with Crippen LogP contribution in [0.2, 0.25) is 0 Å². The van der Waals surface area contributed by atoms with Gasteiger partial charge in [-0.1, -0.05) is 31.3 Å². The Hall–Kier alpha value is -2.25. The summed E-state index contributed by atoms with van der Waals surface area (Å²) in [5.41, 5.74) is 2.15. The number of aryl methyl sites for hydroxylation is 1. The molecule has 3 heterocycles. The highest BCUT2D eigenvalue weighted by atomic mass is 32.1. The highest BCUT2D eigenvalue weighted by molar-refractivity contribution is 7.22. The van der Waals surface area contributed by atoms with Gasteiger partial charge >= 0.3 is 0 Å². The molecule has 6 nitrogen and oxygen atoms in total. The number of hydrogen-bond acceptors (Lipinski definition) is 5. The van der Waals surface area contributed by atoms with Gasteiger partial charge in [0.05, 0.1) is 16.8 Å². The summed E-state index contributed by atoms with van der Waals surface area (Å²) >= 11 is 1.54. The largest absolute Gasteiger partial charge is 0.334 e. The van der Waals surface area contributed by atoms with Crippen molar-refractivity contribution in [3.05, 3.63) is 42.0 Å². The molecule has 0 unspecified atom stereocenters. The summed E-state index contributed by atoms with van der Waals surface area (Å²) in [4.78, 5) is 23.7. The number of fused-ring (bicyclic) bond motifs is 1. The summed E-state index contributed by atoms with van der Waals surface area (Å²) in [5.74, 6) is 2.28. The van der Waals surface area contributed by atoms with E-state index in [1.54, 1.807) is 0 Å². The van der Waals surface area contributed by atoms with E-state index in [4.69, 9.17) is 0 Å². The van der Waals surface area contributed by atoms with Crippen molar-refractivity contribution in [3.63, 3.8) is 0 Å². The summed E-state index contributed by atoms with van der Waals surface area (Å²) in [6.45, 7) is 9.82. The summed E-state index contributed by atoms with van der Waals surface area (Å²) in [6.07, 6.45) is 6.22. The van der Waals surface area contributed by atoms with Gasteiger partial charge in [0.25, 0.3) is 0 Å². The van der Waals surface area contributed by atoms with E-state index in [1.165, 1.54) is 16.9 Å². The molecule has 2 aromatic heterocycles. The second-order valence-electron chi connectivity index (χ2n) is 8.35. The van der Waals surface area contributed by atoms with Gasteiger partial charge in [0, 0.05) is 24.9 Å². The Kier molecular flexibility index (Phi) is 5.96. The lowest BCUT2D eigenvalue weighted by Crippen LogP contribution is -2.40. The first-order chi connectivity index (χ1) is 14.0. The Morgan fingerprint density at radius 2 is 2.10 bits per heavy atom. The molecule has 0 bridgehead atoms. The Balaban J connectivity index is 1.26. The van der Waals surface area contributed by atoms with Crippen LogP contribution in [-0.4, -0.2) is 45.0 Å². The number of piperidine rings is 1. The molecule has 1 saturated heterocycles. The molecular formula is C22H29N5OS. The van der Waals surface area contributed by atoms with E-state index in [9.17, 15) is 4.79 Å². The van der Waals surface area contributed by atoms with E-state index in [0.29, 0.717) is 23.5 Å². The van der Waals surface area contributed by atoms with Crippen LogP contribution in [0.4, 0.5) is 5.13 Å². The first-order valence-corrected chi connectivity index (χ1v) is 11.2. The third-order valence-electron chi connectivity index (χ3n) is 5.58. The molecule has 0 spiro atoms. The lowest BCUT2D eigenvalue weighted by atomic mass is 9.96. The van der Waals surface area contributed by atoms with Crippen molar-refractivity contribution in [2.24, 2.45) is 5.92 Å². The van der Waals surface area contributed by atoms with Crippen LogP contribution in [0, 0.1) is 12.8 Å². The number of thiazole rings is 1. The fourth-order valence-electron chi connectivity index (χ4n) is 4.03. The van der Waals surface area contributed by atoms with Gasteiger partial charge in [-0.05, 0) is 56.5 Å². The number of nitrogens with zero attached hydrogens (tertiary/aromatic N) is 4. The predicted octanol–water partition coefficient (Wildman–Crippen LogP) is 4.28. The molecule has 29 heavy (non-hydrogen) atoms. The summed E-state index contributed by atoms with van der Waals surface area (Å²) in [5, 5.41) is 3.67. The quantitative estimate of drug-likeness (QED) is 0.658. The van der Waals surface area contributed by atoms with E-state index in [1.807, 2.05) is 18.3 Å². The van der Waals surface area contributed by atoms with Gasteiger partial charge in [-0.15, -0.1) is 0 Å². The predicted molar refractivity (Wildman–Crippen MR) is 118 cm³/mol. The molecule has 0 saturated carbocycles. The zero-order chi connectivity index (χ0) is 20.4. The van der Waals surface area contributed by atoms with Crippen LogP contribution in [0.25, 0.3) is 10.2 Å². The summed E-state index contributed by atoms with van der Waals surface area (Å²) in [7, 11) is 0. The minimum Gasteiger partial charge on any atom is -0.334 e. The van der Waals surface area contributed by atoms with Crippen LogP contribution in [0.3, 0.4) is 0 Å². The van der Waals surface area contributed by atoms with Gasteiger partial charge in [-0.2, -0.15) is 0 Å². The third kappa shape index (κ3) is 4.85. The maximum Gasteiger partial charge on any atom is 0.240 e. The maximum absolute atomic E-state index is 12.5. The zero-order valence-electron chi connectivity index (χ0n) is 17.4. The van der Waals surface area contributed by atoms with Crippen LogP contribution < -0.4 is 5.32 Å². The maximum atomic E-state index is 12.5. The number of anilines is 1. The number of likely N-dealkylation sites (tertiary alicyclic amines) is 1. The monoisotopic (exact) mass is 411 g/mol. The Morgan fingerprint density at radius 1 is 1.31 bits per heavy atom. The average Bonchev–Trinajstić information content (AvgIpc) is 3.29. The van der Waals surface area contributed by atoms with Gasteiger partial charge in [-0.25, -0.2) is 9.97 Å². The molecule has 4 rings (SSSR count). The molecule has 3 aromatic rings. The Morgan fingerprint density at radius 3 is 2.86 bits per heavy atom. The van der Waals surface area contributed by atoms with Crippen molar-refractivity contribution < 1.29 is 4.79 Å². The number of amides is 1. The van der Waals surface area contributed by atoms with E-state index < -0.39 is 0 Å². The molecule has 154 valence electrons. The fourth-order valence-corrected chi connectivity index (χ4v) is 5.01. The first-order valence-electron chi connectivity index (χ1n) is 10.4. The molecule has 1 aliphatic rings. The molecule has 7 heteroatoms. The third-order valence-corrected chi connectivity index (χ3v) is 6.52. The van der Waals surface area contributed by atoms with E-state index in [-0.39, 0.29) is 5.91 Å². The number of imidazole rings is 1. The first kappa shape index (κ1) is 20.0. The molecule has 1 N–H and O–H groups in total. The fraction of sp³-hybridized carbons (Fsp3) is 0.500. The molecule has 0 aliphatic carbocycles. The minimum absolute atomic E-state index is 0.0240. The Bertz CT molecular complexity index is 984. The van der Waals surface area contributed by atoms with Crippen molar-refractivity contribution in [1.82, 2.24) is 19.4 Å². The van der Waals surface area contributed by atoms with Crippen molar-refractivity contribution in [2.45, 2.75) is 46.1 Å². The SMILES string of the molecule is Cc1ccc2nc(NC(=O)CN3CCC(Cn4ccnc4C(C)C)CC3)sc2c1. The number of nitrogens with one attached hydrogen (secondary N) is 1. The van der Waals surface area contributed by atoms with Gasteiger partial charge in [0.1, 0.15) is 5.82 Å². The van der Waals surface area contributed by atoms with Gasteiger partial charge in [-0.3, -0.25) is 9.69 Å². The van der Waals surface area contributed by atoms with Crippen LogP contribution in [-0.2, 0) is 11.3 Å². The number of carbonyl (C=O) groups excluding carboxylic acids is 1. The second kappa shape index (κ2) is 8.63. The lowest BCUT2D eigenvalue weighted by Gasteiger charge is -2.31. The number of hydrogen-bond donors (Lipinski definition) is 1. The second-order valence-corrected chi connectivity index (χ2v) is 9.38. The van der Waals surface area contributed by atoms with Crippen LogP contribution in [0.1, 0.15) is 44.0 Å². The van der Waals surface area contributed by atoms with Crippen molar-refractivity contribution in [1.29, 1.82) is 0 Å². The van der Waals surface area contributed by atoms with E-state index in [2.05, 4.69) is 57.8 Å². The topological polar surface area (TPSA) is 63.1 Å². The van der Waals surface area contributed by atoms with Crippen molar-refractivity contribution >= 4 is 32.6 Å². The lowest BCUT2D eigenvalue weighted by molar-refractivity contribution is -0.117. The van der Waals surface area contributed by atoms with Gasteiger partial charge in [0.2, 0.25) is 5.91 Å². The molecule has 1 fully saturated rings. The van der Waals surface area contributed by atoms with Crippen LogP contribution in [0.5, 0.6) is 0 Å². The standard InChI is InChI=1S/C22H29N5OS/c1-15(2)21-23-8-11-27(21)13-17-6-9-26(10-7-17)14-20(28)25-22-24-18-5-4-16(3)12-19(18)29-22/h4-5,8,11-12,15,17H,6-7,9-10,13-14H2,1-3H3,(H,24,25,28). The molecule has 1 aromatic carbocycles. The van der Waals surface area contributed by atoms with Gasteiger partial charge < -0.3 is 9.88 Å². The van der Waals surface area contributed by atoms with Crippen molar-refractivity contribution in [2.75, 3.05) is 25.0 Å². The Labute approximate surface area is 176 Å². The number of rotatable bonds is 6. The van der Waals surface area contributed by atoms with Gasteiger partial charge in [0.15, 0.2) is 5.13 Å². The molecule has 1 amide bonds. The molecule has 0 atom stereocenters. The van der Waals surface area contributed by atoms with Crippen LogP contribution >= 0.6 is 11.3 Å². The number of benzene rings is 1.